The molecule has 0 bridgehead atoms. The summed E-state index contributed by atoms with van der Waals surface area (Å²) in [5.41, 5.74) is 8.97. The second-order valence-electron chi connectivity index (χ2n) is 6.21. The minimum Gasteiger partial charge on any atom is -0.324 e. The first kappa shape index (κ1) is 16.2. The number of rotatable bonds is 5. The van der Waals surface area contributed by atoms with E-state index in [1.165, 1.54) is 21.9 Å². The second kappa shape index (κ2) is 7.29. The molecule has 0 spiro atoms. The predicted molar refractivity (Wildman–Crippen MR) is 103 cm³/mol. The Morgan fingerprint density at radius 2 is 1.57 bits per heavy atom. The third-order valence-electron chi connectivity index (χ3n) is 4.56. The summed E-state index contributed by atoms with van der Waals surface area (Å²) in [5.74, 6) is 0.508. The molecule has 0 aliphatic rings. The second-order valence-corrected chi connectivity index (χ2v) is 7.07. The molecule has 2 atom stereocenters. The molecule has 0 saturated heterocycles. The van der Waals surface area contributed by atoms with Crippen molar-refractivity contribution in [2.75, 3.05) is 0 Å². The Bertz CT molecular complexity index is 796. The highest BCUT2D eigenvalue weighted by molar-refractivity contribution is 9.10. The number of hydrogen-bond acceptors (Lipinski definition) is 1. The van der Waals surface area contributed by atoms with E-state index in [4.69, 9.17) is 5.73 Å². The fourth-order valence-electron chi connectivity index (χ4n) is 3.04. The Kier molecular flexibility index (Phi) is 5.14. The smallest absolute Gasteiger partial charge is 0.0306 e. The van der Waals surface area contributed by atoms with E-state index < -0.39 is 0 Å². The van der Waals surface area contributed by atoms with Gasteiger partial charge in [0.05, 0.1) is 0 Å². The van der Waals surface area contributed by atoms with Gasteiger partial charge in [0.15, 0.2) is 0 Å². The van der Waals surface area contributed by atoms with E-state index in [0.717, 1.165) is 17.3 Å². The van der Waals surface area contributed by atoms with Gasteiger partial charge in [0.25, 0.3) is 0 Å². The van der Waals surface area contributed by atoms with Gasteiger partial charge in [-0.05, 0) is 46.7 Å². The largest absolute Gasteiger partial charge is 0.324 e. The van der Waals surface area contributed by atoms with E-state index in [2.05, 4.69) is 77.5 Å². The molecule has 1 nitrogen and oxygen atoms in total. The monoisotopic (exact) mass is 367 g/mol. The lowest BCUT2D eigenvalue weighted by atomic mass is 9.91. The third kappa shape index (κ3) is 3.82. The maximum absolute atomic E-state index is 6.38. The van der Waals surface area contributed by atoms with Crippen LogP contribution in [-0.4, -0.2) is 0 Å². The summed E-state index contributed by atoms with van der Waals surface area (Å²) in [6.45, 7) is 2.29. The van der Waals surface area contributed by atoms with Gasteiger partial charge in [-0.25, -0.2) is 0 Å². The molecular formula is C21H22BrN. The van der Waals surface area contributed by atoms with Crippen LogP contribution in [0.25, 0.3) is 10.8 Å². The van der Waals surface area contributed by atoms with Gasteiger partial charge in [-0.1, -0.05) is 83.5 Å². The minimum absolute atomic E-state index is 0.0773. The maximum Gasteiger partial charge on any atom is 0.0306 e. The Morgan fingerprint density at radius 3 is 2.35 bits per heavy atom. The highest BCUT2D eigenvalue weighted by Crippen LogP contribution is 2.29. The molecule has 0 aromatic heterocycles. The van der Waals surface area contributed by atoms with Crippen LogP contribution in [0, 0.1) is 0 Å². The summed E-state index contributed by atoms with van der Waals surface area (Å²) in [7, 11) is 0. The highest BCUT2D eigenvalue weighted by Gasteiger charge is 2.13. The molecule has 2 heteroatoms. The van der Waals surface area contributed by atoms with Crippen LogP contribution in [0.5, 0.6) is 0 Å². The fourth-order valence-corrected chi connectivity index (χ4v) is 3.62. The molecule has 2 unspecified atom stereocenters. The van der Waals surface area contributed by atoms with Crippen LogP contribution < -0.4 is 5.73 Å². The van der Waals surface area contributed by atoms with Gasteiger partial charge in [-0.15, -0.1) is 0 Å². The predicted octanol–water partition coefficient (Wildman–Crippen LogP) is 6.19. The molecule has 118 valence electrons. The van der Waals surface area contributed by atoms with Crippen molar-refractivity contribution in [1.29, 1.82) is 0 Å². The SMILES string of the molecule is CC(CCC(N)c1ccccc1Br)c1ccc2ccccc2c1. The molecule has 0 aliphatic heterocycles. The normalized spacial score (nSPS) is 13.9. The molecule has 0 fully saturated rings. The molecule has 0 radical (unpaired) electrons. The summed E-state index contributed by atoms with van der Waals surface area (Å²) in [6.07, 6.45) is 2.07. The van der Waals surface area contributed by atoms with Crippen molar-refractivity contribution in [2.24, 2.45) is 5.73 Å². The summed E-state index contributed by atoms with van der Waals surface area (Å²) in [6, 6.07) is 23.6. The molecule has 23 heavy (non-hydrogen) atoms. The van der Waals surface area contributed by atoms with E-state index in [-0.39, 0.29) is 6.04 Å². The number of fused-ring (bicyclic) bond motifs is 1. The van der Waals surface area contributed by atoms with Crippen molar-refractivity contribution >= 4 is 26.7 Å². The van der Waals surface area contributed by atoms with Gasteiger partial charge in [-0.2, -0.15) is 0 Å². The topological polar surface area (TPSA) is 26.0 Å². The van der Waals surface area contributed by atoms with Crippen molar-refractivity contribution in [3.8, 4) is 0 Å². The zero-order valence-corrected chi connectivity index (χ0v) is 15.0. The standard InChI is InChI=1S/C21H22BrN/c1-15(10-13-21(23)19-8-4-5-9-20(19)22)17-12-11-16-6-2-3-7-18(16)14-17/h2-9,11-12,14-15,21H,10,13,23H2,1H3. The first-order valence-electron chi connectivity index (χ1n) is 8.14. The molecule has 0 saturated carbocycles. The molecule has 3 rings (SSSR count). The van der Waals surface area contributed by atoms with Gasteiger partial charge in [0.2, 0.25) is 0 Å². The minimum atomic E-state index is 0.0773. The Hall–Kier alpha value is -1.64. The number of benzene rings is 3. The molecule has 0 heterocycles. The summed E-state index contributed by atoms with van der Waals surface area (Å²) in [4.78, 5) is 0. The Morgan fingerprint density at radius 1 is 0.870 bits per heavy atom. The molecular weight excluding hydrogens is 346 g/mol. The average Bonchev–Trinajstić information content (AvgIpc) is 2.59. The van der Waals surface area contributed by atoms with Crippen molar-refractivity contribution in [2.45, 2.75) is 31.7 Å². The number of nitrogens with two attached hydrogens (primary N) is 1. The number of halogens is 1. The first-order valence-corrected chi connectivity index (χ1v) is 8.93. The van der Waals surface area contributed by atoms with E-state index in [9.17, 15) is 0 Å². The summed E-state index contributed by atoms with van der Waals surface area (Å²) < 4.78 is 1.10. The zero-order valence-electron chi connectivity index (χ0n) is 13.4. The van der Waals surface area contributed by atoms with Crippen LogP contribution in [0.3, 0.4) is 0 Å². The molecule has 3 aromatic rings. The quantitative estimate of drug-likeness (QED) is 0.571. The lowest BCUT2D eigenvalue weighted by Crippen LogP contribution is -2.12. The first-order chi connectivity index (χ1) is 11.1. The lowest BCUT2D eigenvalue weighted by molar-refractivity contribution is 0.558. The molecule has 2 N–H and O–H groups in total. The zero-order chi connectivity index (χ0) is 16.2. The van der Waals surface area contributed by atoms with Crippen LogP contribution in [0.2, 0.25) is 0 Å². The van der Waals surface area contributed by atoms with E-state index in [1.54, 1.807) is 0 Å². The van der Waals surface area contributed by atoms with Gasteiger partial charge < -0.3 is 5.73 Å². The van der Waals surface area contributed by atoms with Gasteiger partial charge >= 0.3 is 0 Å². The highest BCUT2D eigenvalue weighted by atomic mass is 79.9. The number of hydrogen-bond donors (Lipinski definition) is 1. The van der Waals surface area contributed by atoms with Crippen LogP contribution in [0.1, 0.15) is 42.9 Å². The van der Waals surface area contributed by atoms with Crippen LogP contribution in [-0.2, 0) is 0 Å². The van der Waals surface area contributed by atoms with E-state index in [0.29, 0.717) is 5.92 Å². The Labute approximate surface area is 146 Å². The summed E-state index contributed by atoms with van der Waals surface area (Å²) in [5, 5.41) is 2.61. The van der Waals surface area contributed by atoms with Crippen LogP contribution in [0.15, 0.2) is 71.2 Å². The van der Waals surface area contributed by atoms with E-state index >= 15 is 0 Å². The van der Waals surface area contributed by atoms with Gasteiger partial charge in [-0.3, -0.25) is 0 Å². The molecule has 3 aromatic carbocycles. The molecule has 0 aliphatic carbocycles. The van der Waals surface area contributed by atoms with Crippen molar-refractivity contribution in [3.05, 3.63) is 82.3 Å². The third-order valence-corrected chi connectivity index (χ3v) is 5.28. The van der Waals surface area contributed by atoms with Gasteiger partial charge in [0.1, 0.15) is 0 Å². The van der Waals surface area contributed by atoms with Gasteiger partial charge in [0, 0.05) is 10.5 Å². The Balaban J connectivity index is 1.68. The van der Waals surface area contributed by atoms with Crippen LogP contribution >= 0.6 is 15.9 Å². The lowest BCUT2D eigenvalue weighted by Gasteiger charge is -2.18. The summed E-state index contributed by atoms with van der Waals surface area (Å²) >= 11 is 3.60. The average molecular weight is 368 g/mol. The van der Waals surface area contributed by atoms with E-state index in [1.807, 2.05) is 12.1 Å². The van der Waals surface area contributed by atoms with Crippen molar-refractivity contribution in [3.63, 3.8) is 0 Å². The van der Waals surface area contributed by atoms with Crippen molar-refractivity contribution in [1.82, 2.24) is 0 Å². The fraction of sp³-hybridized carbons (Fsp3) is 0.238. The van der Waals surface area contributed by atoms with Crippen molar-refractivity contribution < 1.29 is 0 Å². The van der Waals surface area contributed by atoms with Crippen LogP contribution in [0.4, 0.5) is 0 Å². The molecule has 0 amide bonds. The maximum atomic E-state index is 6.38.